The number of anilines is 2. The fourth-order valence-corrected chi connectivity index (χ4v) is 2.60. The van der Waals surface area contributed by atoms with Crippen LogP contribution in [0.25, 0.3) is 22.4 Å². The molecule has 0 saturated heterocycles. The third-order valence-corrected chi connectivity index (χ3v) is 3.89. The van der Waals surface area contributed by atoms with Crippen LogP contribution in [-0.2, 0) is 0 Å². The Hall–Kier alpha value is -3.12. The predicted molar refractivity (Wildman–Crippen MR) is 95.3 cm³/mol. The van der Waals surface area contributed by atoms with Gasteiger partial charge in [-0.25, -0.2) is 24.3 Å². The number of hydrogen-bond acceptors (Lipinski definition) is 5. The largest absolute Gasteiger partial charge is 0.340 e. The first-order valence-corrected chi connectivity index (χ1v) is 7.84. The van der Waals surface area contributed by atoms with Gasteiger partial charge in [0.25, 0.3) is 0 Å². The van der Waals surface area contributed by atoms with Gasteiger partial charge in [0.15, 0.2) is 5.82 Å². The van der Waals surface area contributed by atoms with E-state index in [2.05, 4.69) is 25.3 Å². The van der Waals surface area contributed by atoms with Gasteiger partial charge in [-0.15, -0.1) is 0 Å². The fraction of sp³-hybridized carbons (Fsp3) is 0. The lowest BCUT2D eigenvalue weighted by Crippen LogP contribution is -2.00. The van der Waals surface area contributed by atoms with Crippen molar-refractivity contribution < 1.29 is 4.39 Å². The SMILES string of the molecule is Fc1ccc(Nc2nc(-c3ccncn3)nc3ccccc23)cc1Cl. The maximum Gasteiger partial charge on any atom is 0.180 e. The molecule has 4 rings (SSSR count). The highest BCUT2D eigenvalue weighted by molar-refractivity contribution is 6.31. The highest BCUT2D eigenvalue weighted by Gasteiger charge is 2.11. The molecule has 4 aromatic rings. The maximum atomic E-state index is 13.4. The molecular formula is C18H11ClFN5. The average Bonchev–Trinajstić information content (AvgIpc) is 2.65. The lowest BCUT2D eigenvalue weighted by molar-refractivity contribution is 0.628. The molecule has 0 bridgehead atoms. The Balaban J connectivity index is 1.85. The van der Waals surface area contributed by atoms with Crippen LogP contribution < -0.4 is 5.32 Å². The maximum absolute atomic E-state index is 13.4. The zero-order chi connectivity index (χ0) is 17.2. The number of nitrogens with one attached hydrogen (secondary N) is 1. The van der Waals surface area contributed by atoms with E-state index in [1.807, 2.05) is 24.3 Å². The van der Waals surface area contributed by atoms with Crippen molar-refractivity contribution in [2.24, 2.45) is 0 Å². The minimum atomic E-state index is -0.471. The molecule has 2 aromatic heterocycles. The van der Waals surface area contributed by atoms with Gasteiger partial charge in [-0.1, -0.05) is 23.7 Å². The smallest absolute Gasteiger partial charge is 0.180 e. The first-order valence-electron chi connectivity index (χ1n) is 7.46. The molecule has 0 amide bonds. The van der Waals surface area contributed by atoms with Crippen LogP contribution in [-0.4, -0.2) is 19.9 Å². The number of fused-ring (bicyclic) bond motifs is 1. The van der Waals surface area contributed by atoms with E-state index in [4.69, 9.17) is 11.6 Å². The minimum Gasteiger partial charge on any atom is -0.340 e. The topological polar surface area (TPSA) is 63.6 Å². The molecule has 0 unspecified atom stereocenters. The van der Waals surface area contributed by atoms with Crippen molar-refractivity contribution in [1.29, 1.82) is 0 Å². The molecule has 122 valence electrons. The van der Waals surface area contributed by atoms with E-state index in [0.717, 1.165) is 10.9 Å². The summed E-state index contributed by atoms with van der Waals surface area (Å²) in [6.45, 7) is 0. The summed E-state index contributed by atoms with van der Waals surface area (Å²) in [6, 6.07) is 13.8. The van der Waals surface area contributed by atoms with Gasteiger partial charge in [0, 0.05) is 17.3 Å². The number of hydrogen-bond donors (Lipinski definition) is 1. The van der Waals surface area contributed by atoms with Crippen molar-refractivity contribution in [3.63, 3.8) is 0 Å². The summed E-state index contributed by atoms with van der Waals surface area (Å²) in [5.74, 6) is 0.583. The Morgan fingerprint density at radius 3 is 2.68 bits per heavy atom. The average molecular weight is 352 g/mol. The van der Waals surface area contributed by atoms with Crippen LogP contribution in [0.15, 0.2) is 61.1 Å². The van der Waals surface area contributed by atoms with Crippen LogP contribution in [0.4, 0.5) is 15.9 Å². The molecule has 0 fully saturated rings. The highest BCUT2D eigenvalue weighted by Crippen LogP contribution is 2.28. The van der Waals surface area contributed by atoms with Crippen LogP contribution in [0, 0.1) is 5.82 Å². The van der Waals surface area contributed by atoms with E-state index in [1.165, 1.54) is 18.5 Å². The number of halogens is 2. The molecule has 0 saturated carbocycles. The van der Waals surface area contributed by atoms with Crippen LogP contribution in [0.2, 0.25) is 5.02 Å². The van der Waals surface area contributed by atoms with Crippen molar-refractivity contribution in [2.75, 3.05) is 5.32 Å². The van der Waals surface area contributed by atoms with E-state index < -0.39 is 5.82 Å². The van der Waals surface area contributed by atoms with Crippen molar-refractivity contribution >= 4 is 34.0 Å². The number of benzene rings is 2. The van der Waals surface area contributed by atoms with Crippen molar-refractivity contribution in [3.05, 3.63) is 71.9 Å². The van der Waals surface area contributed by atoms with Gasteiger partial charge in [0.1, 0.15) is 23.7 Å². The second-order valence-corrected chi connectivity index (χ2v) is 5.67. The van der Waals surface area contributed by atoms with E-state index in [9.17, 15) is 4.39 Å². The molecule has 0 atom stereocenters. The molecule has 5 nitrogen and oxygen atoms in total. The van der Waals surface area contributed by atoms with E-state index in [-0.39, 0.29) is 5.02 Å². The quantitative estimate of drug-likeness (QED) is 0.583. The molecule has 7 heteroatoms. The van der Waals surface area contributed by atoms with Gasteiger partial charge in [0.2, 0.25) is 0 Å². The predicted octanol–water partition coefficient (Wildman–Crippen LogP) is 4.62. The Labute approximate surface area is 147 Å². The lowest BCUT2D eigenvalue weighted by atomic mass is 10.2. The summed E-state index contributed by atoms with van der Waals surface area (Å²) in [5.41, 5.74) is 2.01. The summed E-state index contributed by atoms with van der Waals surface area (Å²) in [5, 5.41) is 4.05. The monoisotopic (exact) mass is 351 g/mol. The van der Waals surface area contributed by atoms with Crippen LogP contribution in [0.1, 0.15) is 0 Å². The fourth-order valence-electron chi connectivity index (χ4n) is 2.42. The third kappa shape index (κ3) is 3.12. The normalized spacial score (nSPS) is 10.8. The molecule has 0 radical (unpaired) electrons. The molecule has 2 aromatic carbocycles. The first kappa shape index (κ1) is 15.4. The summed E-state index contributed by atoms with van der Waals surface area (Å²) in [7, 11) is 0. The molecule has 25 heavy (non-hydrogen) atoms. The summed E-state index contributed by atoms with van der Waals surface area (Å²) in [4.78, 5) is 17.2. The van der Waals surface area contributed by atoms with Gasteiger partial charge in [-0.3, -0.25) is 0 Å². The van der Waals surface area contributed by atoms with Gasteiger partial charge < -0.3 is 5.32 Å². The molecule has 0 aliphatic carbocycles. The molecular weight excluding hydrogens is 341 g/mol. The van der Waals surface area contributed by atoms with E-state index in [0.29, 0.717) is 23.0 Å². The van der Waals surface area contributed by atoms with Crippen molar-refractivity contribution in [3.8, 4) is 11.5 Å². The van der Waals surface area contributed by atoms with E-state index >= 15 is 0 Å². The first-order chi connectivity index (χ1) is 12.2. The molecule has 0 aliphatic rings. The Bertz CT molecular complexity index is 1060. The standard InChI is InChI=1S/C18H11ClFN5/c19-13-9-11(5-6-14(13)20)23-17-12-3-1-2-4-15(12)24-18(25-17)16-7-8-21-10-22-16/h1-10H,(H,23,24,25). The van der Waals surface area contributed by atoms with Gasteiger partial charge in [-0.2, -0.15) is 0 Å². The number of rotatable bonds is 3. The summed E-state index contributed by atoms with van der Waals surface area (Å²) >= 11 is 5.86. The molecule has 1 N–H and O–H groups in total. The van der Waals surface area contributed by atoms with E-state index in [1.54, 1.807) is 18.3 Å². The summed E-state index contributed by atoms with van der Waals surface area (Å²) in [6.07, 6.45) is 3.08. The minimum absolute atomic E-state index is 0.0411. The highest BCUT2D eigenvalue weighted by atomic mass is 35.5. The number of nitrogens with zero attached hydrogens (tertiary/aromatic N) is 4. The second-order valence-electron chi connectivity index (χ2n) is 5.26. The van der Waals surface area contributed by atoms with Crippen LogP contribution in [0.5, 0.6) is 0 Å². The number of para-hydroxylation sites is 1. The summed E-state index contributed by atoms with van der Waals surface area (Å²) < 4.78 is 13.4. The van der Waals surface area contributed by atoms with Gasteiger partial charge >= 0.3 is 0 Å². The van der Waals surface area contributed by atoms with Crippen molar-refractivity contribution in [1.82, 2.24) is 19.9 Å². The van der Waals surface area contributed by atoms with Gasteiger partial charge in [-0.05, 0) is 36.4 Å². The van der Waals surface area contributed by atoms with Crippen LogP contribution in [0.3, 0.4) is 0 Å². The Kier molecular flexibility index (Phi) is 3.95. The molecule has 2 heterocycles. The number of aromatic nitrogens is 4. The molecule has 0 spiro atoms. The molecule has 0 aliphatic heterocycles. The second kappa shape index (κ2) is 6.41. The van der Waals surface area contributed by atoms with Gasteiger partial charge in [0.05, 0.1) is 10.5 Å². The van der Waals surface area contributed by atoms with Crippen LogP contribution >= 0.6 is 11.6 Å². The zero-order valence-corrected chi connectivity index (χ0v) is 13.6. The Morgan fingerprint density at radius 1 is 1.00 bits per heavy atom. The Morgan fingerprint density at radius 2 is 1.88 bits per heavy atom. The lowest BCUT2D eigenvalue weighted by Gasteiger charge is -2.11. The zero-order valence-electron chi connectivity index (χ0n) is 12.8. The third-order valence-electron chi connectivity index (χ3n) is 3.60. The van der Waals surface area contributed by atoms with Crippen molar-refractivity contribution in [2.45, 2.75) is 0 Å².